The third-order valence-corrected chi connectivity index (χ3v) is 6.64. The largest absolute Gasteiger partial charge is 0.352 e. The fourth-order valence-corrected chi connectivity index (χ4v) is 4.98. The second-order valence-electron chi connectivity index (χ2n) is 6.43. The summed E-state index contributed by atoms with van der Waals surface area (Å²) in [4.78, 5) is 12.7. The van der Waals surface area contributed by atoms with E-state index in [4.69, 9.17) is 23.2 Å². The Morgan fingerprint density at radius 1 is 1.35 bits per heavy atom. The Kier molecular flexibility index (Phi) is 6.34. The Balaban J connectivity index is 2.14. The third-order valence-electron chi connectivity index (χ3n) is 4.70. The summed E-state index contributed by atoms with van der Waals surface area (Å²) in [5.74, 6) is 0.570. The topological polar surface area (TPSA) is 52.9 Å². The molecule has 26 heavy (non-hydrogen) atoms. The zero-order chi connectivity index (χ0) is 18.7. The molecule has 1 atom stereocenters. The lowest BCUT2D eigenvalue weighted by molar-refractivity contribution is -0.116. The molecule has 3 nitrogen and oxygen atoms in total. The number of Topliss-reactive ketones (excluding diaryl/α,β-unsaturated/α-hetero) is 1. The van der Waals surface area contributed by atoms with Crippen LogP contribution in [-0.2, 0) is 4.79 Å². The van der Waals surface area contributed by atoms with Crippen LogP contribution in [0.5, 0.6) is 0 Å². The molecule has 0 spiro atoms. The van der Waals surface area contributed by atoms with Gasteiger partial charge >= 0.3 is 0 Å². The summed E-state index contributed by atoms with van der Waals surface area (Å²) in [7, 11) is 0. The maximum atomic E-state index is 12.7. The minimum atomic E-state index is -0.445. The molecule has 0 aromatic heterocycles. The van der Waals surface area contributed by atoms with E-state index in [2.05, 4.69) is 18.3 Å². The number of dihydropyridines is 1. The molecule has 1 unspecified atom stereocenters. The van der Waals surface area contributed by atoms with E-state index in [9.17, 15) is 10.1 Å². The minimum absolute atomic E-state index is 0.0881. The van der Waals surface area contributed by atoms with Crippen LogP contribution in [0.3, 0.4) is 0 Å². The molecule has 0 saturated heterocycles. The van der Waals surface area contributed by atoms with E-state index in [-0.39, 0.29) is 5.78 Å². The van der Waals surface area contributed by atoms with Crippen LogP contribution in [0.4, 0.5) is 0 Å². The van der Waals surface area contributed by atoms with Crippen LogP contribution in [0.1, 0.15) is 50.5 Å². The molecule has 6 heteroatoms. The molecule has 0 fully saturated rings. The minimum Gasteiger partial charge on any atom is -0.352 e. The number of halogens is 2. The van der Waals surface area contributed by atoms with Crippen LogP contribution in [-0.4, -0.2) is 11.5 Å². The normalized spacial score (nSPS) is 19.9. The van der Waals surface area contributed by atoms with Gasteiger partial charge in [-0.15, -0.1) is 11.8 Å². The summed E-state index contributed by atoms with van der Waals surface area (Å²) < 4.78 is 0. The molecule has 0 bridgehead atoms. The molecule has 0 amide bonds. The van der Waals surface area contributed by atoms with Crippen molar-refractivity contribution in [3.63, 3.8) is 0 Å². The molecular formula is C20H20Cl2N2OS. The molecule has 0 saturated carbocycles. The van der Waals surface area contributed by atoms with Gasteiger partial charge in [0.15, 0.2) is 5.78 Å². The monoisotopic (exact) mass is 406 g/mol. The molecule has 1 aliphatic heterocycles. The lowest BCUT2D eigenvalue weighted by Gasteiger charge is -2.33. The molecular weight excluding hydrogens is 387 g/mol. The Bertz CT molecular complexity index is 839. The second kappa shape index (κ2) is 8.52. The smallest absolute Gasteiger partial charge is 0.161 e. The number of nitrogens with one attached hydrogen (secondary N) is 1. The van der Waals surface area contributed by atoms with Crippen molar-refractivity contribution in [2.45, 2.75) is 44.9 Å². The van der Waals surface area contributed by atoms with E-state index >= 15 is 0 Å². The SMILES string of the molecule is CCCCSC1=C(C#N)C(c2cccc(Cl)c2Cl)C2=C(CCCC2=O)N1. The molecule has 0 radical (unpaired) electrons. The molecule has 2 aliphatic rings. The number of ketones is 1. The first-order valence-corrected chi connectivity index (χ1v) is 10.6. The van der Waals surface area contributed by atoms with Gasteiger partial charge in [0.25, 0.3) is 0 Å². The third kappa shape index (κ3) is 3.67. The molecule has 1 heterocycles. The fraction of sp³-hybridized carbons (Fsp3) is 0.400. The van der Waals surface area contributed by atoms with Gasteiger partial charge in [-0.25, -0.2) is 0 Å². The lowest BCUT2D eigenvalue weighted by atomic mass is 9.77. The van der Waals surface area contributed by atoms with Gasteiger partial charge in [-0.05, 0) is 36.6 Å². The van der Waals surface area contributed by atoms with Gasteiger partial charge < -0.3 is 5.32 Å². The highest BCUT2D eigenvalue weighted by atomic mass is 35.5. The Labute approximate surface area is 168 Å². The number of rotatable bonds is 5. The molecule has 1 aliphatic carbocycles. The quantitative estimate of drug-likeness (QED) is 0.613. The van der Waals surface area contributed by atoms with Gasteiger partial charge in [0.05, 0.1) is 32.6 Å². The number of unbranched alkanes of at least 4 members (excludes halogenated alkanes) is 1. The van der Waals surface area contributed by atoms with Crippen LogP contribution in [0.15, 0.2) is 40.1 Å². The first kappa shape index (κ1) is 19.4. The number of allylic oxidation sites excluding steroid dienone is 3. The van der Waals surface area contributed by atoms with E-state index < -0.39 is 5.92 Å². The highest BCUT2D eigenvalue weighted by Gasteiger charge is 2.38. The summed E-state index contributed by atoms with van der Waals surface area (Å²) in [5, 5.41) is 15.0. The number of nitrogens with zero attached hydrogens (tertiary/aromatic N) is 1. The van der Waals surface area contributed by atoms with E-state index in [1.807, 2.05) is 12.1 Å². The Hall–Kier alpha value is -1.41. The maximum absolute atomic E-state index is 12.7. The molecule has 3 rings (SSSR count). The standard InChI is InChI=1S/C20H20Cl2N2OS/c1-2-3-10-26-20-13(11-23)17(12-6-4-7-14(21)19(12)22)18-15(24-20)8-5-9-16(18)25/h4,6-7,17,24H,2-3,5,8-10H2,1H3. The van der Waals surface area contributed by atoms with Crippen LogP contribution >= 0.6 is 35.0 Å². The summed E-state index contributed by atoms with van der Waals surface area (Å²) in [6, 6.07) is 7.74. The van der Waals surface area contributed by atoms with Gasteiger partial charge in [0.1, 0.15) is 0 Å². The summed E-state index contributed by atoms with van der Waals surface area (Å²) in [6.07, 6.45) is 4.31. The predicted octanol–water partition coefficient (Wildman–Crippen LogP) is 5.96. The number of benzene rings is 1. The van der Waals surface area contributed by atoms with E-state index in [0.717, 1.165) is 47.7 Å². The van der Waals surface area contributed by atoms with E-state index in [1.54, 1.807) is 17.8 Å². The summed E-state index contributed by atoms with van der Waals surface area (Å²) >= 11 is 14.3. The van der Waals surface area contributed by atoms with Crippen molar-refractivity contribution >= 4 is 40.7 Å². The summed E-state index contributed by atoms with van der Waals surface area (Å²) in [6.45, 7) is 2.14. The zero-order valence-corrected chi connectivity index (χ0v) is 16.9. The van der Waals surface area contributed by atoms with Gasteiger partial charge in [-0.2, -0.15) is 5.26 Å². The maximum Gasteiger partial charge on any atom is 0.161 e. The number of hydrogen-bond acceptors (Lipinski definition) is 4. The van der Waals surface area contributed by atoms with Crippen LogP contribution in [0.25, 0.3) is 0 Å². The lowest BCUT2D eigenvalue weighted by Crippen LogP contribution is -2.31. The summed E-state index contributed by atoms with van der Waals surface area (Å²) in [5.41, 5.74) is 2.90. The number of thioether (sulfide) groups is 1. The molecule has 1 aromatic carbocycles. The van der Waals surface area contributed by atoms with Crippen molar-refractivity contribution in [3.8, 4) is 6.07 Å². The molecule has 1 N–H and O–H groups in total. The highest BCUT2D eigenvalue weighted by Crippen LogP contribution is 2.46. The molecule has 136 valence electrons. The van der Waals surface area contributed by atoms with Crippen LogP contribution < -0.4 is 5.32 Å². The second-order valence-corrected chi connectivity index (χ2v) is 8.32. The first-order valence-electron chi connectivity index (χ1n) is 8.82. The Morgan fingerprint density at radius 2 is 2.15 bits per heavy atom. The van der Waals surface area contributed by atoms with Gasteiger partial charge in [-0.3, -0.25) is 4.79 Å². The van der Waals surface area contributed by atoms with Gasteiger partial charge in [0, 0.05) is 17.7 Å². The van der Waals surface area contributed by atoms with Crippen molar-refractivity contribution in [2.24, 2.45) is 0 Å². The van der Waals surface area contributed by atoms with Crippen LogP contribution in [0, 0.1) is 11.3 Å². The van der Waals surface area contributed by atoms with Crippen molar-refractivity contribution in [1.29, 1.82) is 5.26 Å². The van der Waals surface area contributed by atoms with E-state index in [0.29, 0.717) is 27.6 Å². The average Bonchev–Trinajstić information content (AvgIpc) is 2.63. The number of carbonyl (C=O) groups excluding carboxylic acids is 1. The predicted molar refractivity (Wildman–Crippen MR) is 108 cm³/mol. The zero-order valence-electron chi connectivity index (χ0n) is 14.6. The van der Waals surface area contributed by atoms with Crippen LogP contribution in [0.2, 0.25) is 10.0 Å². The van der Waals surface area contributed by atoms with Gasteiger partial charge in [0.2, 0.25) is 0 Å². The number of hydrogen-bond donors (Lipinski definition) is 1. The average molecular weight is 407 g/mol. The number of nitriles is 1. The van der Waals surface area contributed by atoms with E-state index in [1.165, 1.54) is 0 Å². The fourth-order valence-electron chi connectivity index (χ4n) is 3.41. The first-order chi connectivity index (χ1) is 12.6. The Morgan fingerprint density at radius 3 is 2.88 bits per heavy atom. The highest BCUT2D eigenvalue weighted by molar-refractivity contribution is 8.03. The van der Waals surface area contributed by atoms with Crippen molar-refractivity contribution in [1.82, 2.24) is 5.32 Å². The molecule has 1 aromatic rings. The van der Waals surface area contributed by atoms with Crippen molar-refractivity contribution < 1.29 is 4.79 Å². The number of carbonyl (C=O) groups is 1. The van der Waals surface area contributed by atoms with Gasteiger partial charge in [-0.1, -0.05) is 48.7 Å². The van der Waals surface area contributed by atoms with Crippen molar-refractivity contribution in [3.05, 3.63) is 55.7 Å². The van der Waals surface area contributed by atoms with Crippen molar-refractivity contribution in [2.75, 3.05) is 5.75 Å².